The van der Waals surface area contributed by atoms with E-state index < -0.39 is 0 Å². The molecular weight excluding hydrogens is 615 g/mol. The number of piperazine rings is 1. The number of aryl methyl sites for hydroxylation is 1. The van der Waals surface area contributed by atoms with E-state index in [1.165, 1.54) is 0 Å². The van der Waals surface area contributed by atoms with Crippen molar-refractivity contribution in [1.82, 2.24) is 15.5 Å². The molecule has 3 heterocycles. The molecule has 3 aromatic rings. The topological polar surface area (TPSA) is 56.8 Å². The van der Waals surface area contributed by atoms with Crippen molar-refractivity contribution in [2.24, 2.45) is 0 Å². The van der Waals surface area contributed by atoms with Gasteiger partial charge in [-0.1, -0.05) is 65.1 Å². The van der Waals surface area contributed by atoms with Gasteiger partial charge in [0.05, 0.1) is 27.7 Å². The first-order chi connectivity index (χ1) is 21.3. The number of fused-ring (bicyclic) bond motifs is 2. The Morgan fingerprint density at radius 2 is 1.82 bits per heavy atom. The van der Waals surface area contributed by atoms with Crippen LogP contribution < -0.4 is 20.3 Å². The van der Waals surface area contributed by atoms with Crippen molar-refractivity contribution in [1.29, 1.82) is 0 Å². The van der Waals surface area contributed by atoms with E-state index in [0.717, 1.165) is 91.1 Å². The predicted octanol–water partition coefficient (Wildman–Crippen LogP) is 6.89. The number of hydrogen-bond donors (Lipinski definition) is 2. The number of carbonyl (C=O) groups is 1. The zero-order valence-corrected chi connectivity index (χ0v) is 27.1. The smallest absolute Gasteiger partial charge is 0.252 e. The molecule has 0 aromatic heterocycles. The number of rotatable bonds is 8. The van der Waals surface area contributed by atoms with E-state index in [-0.39, 0.29) is 24.1 Å². The average Bonchev–Trinajstić information content (AvgIpc) is 3.76. The molecule has 0 unspecified atom stereocenters. The van der Waals surface area contributed by atoms with Crippen molar-refractivity contribution in [2.45, 2.75) is 63.4 Å². The molecule has 2 N–H and O–H groups in total. The Morgan fingerprint density at radius 3 is 2.59 bits per heavy atom. The van der Waals surface area contributed by atoms with E-state index >= 15 is 0 Å². The minimum atomic E-state index is -0.0363. The van der Waals surface area contributed by atoms with E-state index in [2.05, 4.69) is 39.8 Å². The molecule has 3 fully saturated rings. The number of hydrogen-bond acceptors (Lipinski definition) is 5. The largest absolute Gasteiger partial charge is 0.487 e. The molecule has 230 valence electrons. The third-order valence-electron chi connectivity index (χ3n) is 9.26. The highest BCUT2D eigenvalue weighted by Gasteiger charge is 2.41. The second kappa shape index (κ2) is 12.6. The van der Waals surface area contributed by atoms with Crippen molar-refractivity contribution in [3.05, 3.63) is 98.0 Å². The zero-order valence-electron chi connectivity index (χ0n) is 24.8. The Balaban J connectivity index is 1.13. The van der Waals surface area contributed by atoms with Crippen LogP contribution >= 0.6 is 34.8 Å². The van der Waals surface area contributed by atoms with Gasteiger partial charge in [0.1, 0.15) is 11.9 Å². The maximum absolute atomic E-state index is 14.5. The summed E-state index contributed by atoms with van der Waals surface area (Å²) in [5, 5.41) is 8.95. The molecule has 1 saturated carbocycles. The Kier molecular flexibility index (Phi) is 8.55. The molecule has 0 radical (unpaired) electrons. The summed E-state index contributed by atoms with van der Waals surface area (Å²) >= 11 is 19.3. The number of anilines is 1. The zero-order chi connectivity index (χ0) is 30.4. The molecule has 9 heteroatoms. The fourth-order valence-corrected chi connectivity index (χ4v) is 7.47. The molecular formula is C35H37Cl3N4O2. The van der Waals surface area contributed by atoms with Crippen molar-refractivity contribution < 1.29 is 9.53 Å². The molecule has 2 saturated heterocycles. The van der Waals surface area contributed by atoms with Crippen LogP contribution in [-0.2, 0) is 11.3 Å². The summed E-state index contributed by atoms with van der Waals surface area (Å²) in [6.45, 7) is 5.83. The lowest BCUT2D eigenvalue weighted by molar-refractivity contribution is -0.128. The molecule has 3 atom stereocenters. The van der Waals surface area contributed by atoms with Gasteiger partial charge < -0.3 is 25.2 Å². The van der Waals surface area contributed by atoms with Crippen molar-refractivity contribution in [2.75, 3.05) is 31.1 Å². The Labute approximate surface area is 274 Å². The first-order valence-corrected chi connectivity index (χ1v) is 16.7. The minimum Gasteiger partial charge on any atom is -0.487 e. The van der Waals surface area contributed by atoms with Gasteiger partial charge in [0, 0.05) is 55.9 Å². The Morgan fingerprint density at radius 1 is 1.00 bits per heavy atom. The average molecular weight is 652 g/mol. The van der Waals surface area contributed by atoms with Gasteiger partial charge >= 0.3 is 0 Å². The first-order valence-electron chi connectivity index (χ1n) is 15.6. The molecule has 44 heavy (non-hydrogen) atoms. The molecule has 7 rings (SSSR count). The Bertz CT molecular complexity index is 1590. The van der Waals surface area contributed by atoms with Crippen LogP contribution in [0.3, 0.4) is 0 Å². The molecule has 6 nitrogen and oxygen atoms in total. The van der Waals surface area contributed by atoms with Crippen LogP contribution in [-0.4, -0.2) is 61.2 Å². The van der Waals surface area contributed by atoms with E-state index in [1.807, 2.05) is 42.2 Å². The standard InChI is InChI=1S/C35H37Cl3N4O2/c1-21-5-12-32(30(37)15-21)44-27-13-14-41(20-27)25-8-6-22(7-9-25)28-16-24-17-39-18-31(40-24)33(28)35(43)42(26-10-11-26)19-23-3-2-4-29(36)34(23)38/h2-9,12,15,24,26-27,31,39-40H,10-11,13-14,16-20H2,1H3/t24-,27-,31-/m1/s1. The van der Waals surface area contributed by atoms with Crippen LogP contribution in [0.25, 0.3) is 5.57 Å². The molecule has 4 aliphatic rings. The fraction of sp³-hybridized carbons (Fsp3) is 0.400. The number of ether oxygens (including phenoxy) is 1. The third kappa shape index (κ3) is 6.20. The summed E-state index contributed by atoms with van der Waals surface area (Å²) in [6.07, 6.45) is 3.84. The highest BCUT2D eigenvalue weighted by Crippen LogP contribution is 2.38. The highest BCUT2D eigenvalue weighted by atomic mass is 35.5. The summed E-state index contributed by atoms with van der Waals surface area (Å²) in [5.74, 6) is 0.837. The van der Waals surface area contributed by atoms with Crippen molar-refractivity contribution >= 4 is 52.0 Å². The molecule has 0 spiro atoms. The maximum Gasteiger partial charge on any atom is 0.252 e. The van der Waals surface area contributed by atoms with E-state index in [0.29, 0.717) is 27.7 Å². The molecule has 3 aromatic carbocycles. The number of amides is 1. The van der Waals surface area contributed by atoms with Gasteiger partial charge in [-0.2, -0.15) is 0 Å². The van der Waals surface area contributed by atoms with Gasteiger partial charge in [-0.05, 0) is 78.8 Å². The second-order valence-corrected chi connectivity index (χ2v) is 13.7. The van der Waals surface area contributed by atoms with E-state index in [4.69, 9.17) is 39.5 Å². The lowest BCUT2D eigenvalue weighted by Crippen LogP contribution is -2.60. The number of nitrogens with one attached hydrogen (secondary N) is 2. The summed E-state index contributed by atoms with van der Waals surface area (Å²) < 4.78 is 6.27. The van der Waals surface area contributed by atoms with Gasteiger partial charge in [0.25, 0.3) is 5.91 Å². The minimum absolute atomic E-state index is 0.0363. The molecule has 1 aliphatic carbocycles. The number of halogens is 3. The second-order valence-electron chi connectivity index (χ2n) is 12.5. The predicted molar refractivity (Wildman–Crippen MR) is 179 cm³/mol. The lowest BCUT2D eigenvalue weighted by Gasteiger charge is -2.41. The van der Waals surface area contributed by atoms with Crippen molar-refractivity contribution in [3.63, 3.8) is 0 Å². The van der Waals surface area contributed by atoms with Crippen LogP contribution in [0.2, 0.25) is 15.1 Å². The fourth-order valence-electron chi connectivity index (χ4n) is 6.81. The summed E-state index contributed by atoms with van der Waals surface area (Å²) in [6, 6.07) is 20.8. The van der Waals surface area contributed by atoms with Crippen LogP contribution in [0, 0.1) is 6.92 Å². The van der Waals surface area contributed by atoms with Crippen LogP contribution in [0.5, 0.6) is 5.75 Å². The quantitative estimate of drug-likeness (QED) is 0.278. The van der Waals surface area contributed by atoms with Gasteiger partial charge in [-0.15, -0.1) is 0 Å². The van der Waals surface area contributed by atoms with Crippen LogP contribution in [0.1, 0.15) is 42.4 Å². The lowest BCUT2D eigenvalue weighted by atomic mass is 9.83. The number of nitrogens with zero attached hydrogens (tertiary/aromatic N) is 2. The normalized spacial score (nSPS) is 23.2. The Hall–Kier alpha value is -2.74. The number of carbonyl (C=O) groups excluding carboxylic acids is 1. The summed E-state index contributed by atoms with van der Waals surface area (Å²) in [7, 11) is 0. The molecule has 3 aliphatic heterocycles. The molecule has 1 amide bonds. The first kappa shape index (κ1) is 29.9. The van der Waals surface area contributed by atoms with E-state index in [1.54, 1.807) is 6.07 Å². The van der Waals surface area contributed by atoms with Gasteiger partial charge in [-0.3, -0.25) is 4.79 Å². The van der Waals surface area contributed by atoms with Gasteiger partial charge in [0.2, 0.25) is 0 Å². The SMILES string of the molecule is Cc1ccc(O[C@@H]2CCN(c3ccc(C4=C(C(=O)N(Cc5cccc(Cl)c5Cl)C5CC5)[C@H]5CNC[C@@H](C4)N5)cc3)C2)c(Cl)c1. The summed E-state index contributed by atoms with van der Waals surface area (Å²) in [4.78, 5) is 18.8. The third-order valence-corrected chi connectivity index (χ3v) is 10.4. The maximum atomic E-state index is 14.5. The van der Waals surface area contributed by atoms with Crippen molar-refractivity contribution in [3.8, 4) is 5.75 Å². The highest BCUT2D eigenvalue weighted by molar-refractivity contribution is 6.42. The van der Waals surface area contributed by atoms with Crippen LogP contribution in [0.4, 0.5) is 5.69 Å². The van der Waals surface area contributed by atoms with Gasteiger partial charge in [-0.25, -0.2) is 0 Å². The summed E-state index contributed by atoms with van der Waals surface area (Å²) in [5.41, 5.74) is 6.30. The monoisotopic (exact) mass is 650 g/mol. The van der Waals surface area contributed by atoms with Crippen LogP contribution in [0.15, 0.2) is 66.2 Å². The number of benzene rings is 3. The van der Waals surface area contributed by atoms with E-state index in [9.17, 15) is 4.79 Å². The molecule has 2 bridgehead atoms. The van der Waals surface area contributed by atoms with Gasteiger partial charge in [0.15, 0.2) is 0 Å².